The number of hydrogen-bond donors (Lipinski definition) is 3. The van der Waals surface area contributed by atoms with Gasteiger partial charge in [0.05, 0.1) is 0 Å². The van der Waals surface area contributed by atoms with E-state index in [1.54, 1.807) is 0 Å². The van der Waals surface area contributed by atoms with Gasteiger partial charge in [-0.15, -0.1) is 23.1 Å². The molecule has 3 N–H and O–H groups in total. The van der Waals surface area contributed by atoms with Gasteiger partial charge in [-0.3, -0.25) is 14.5 Å². The maximum absolute atomic E-state index is 13.5. The Bertz CT molecular complexity index is 1810. The average molecular weight is 688 g/mol. The van der Waals surface area contributed by atoms with Crippen molar-refractivity contribution in [3.63, 3.8) is 0 Å². The smallest absolute Gasteiger partial charge is 0.407 e. The molecule has 3 aromatic carbocycles. The van der Waals surface area contributed by atoms with Crippen molar-refractivity contribution in [1.82, 2.24) is 15.2 Å². The number of aliphatic carboxylic acids is 1. The number of carboxylic acids is 1. The van der Waals surface area contributed by atoms with E-state index in [0.717, 1.165) is 32.9 Å². The fourth-order valence-electron chi connectivity index (χ4n) is 5.69. The molecular formula is C34H27F2N5O5S2. The molecule has 2 atom stereocenters. The van der Waals surface area contributed by atoms with Gasteiger partial charge in [-0.05, 0) is 22.3 Å². The molecule has 244 valence electrons. The molecule has 4 aromatic rings. The predicted molar refractivity (Wildman–Crippen MR) is 178 cm³/mol. The number of thioether (sulfide) groups is 1. The van der Waals surface area contributed by atoms with E-state index in [4.69, 9.17) is 0 Å². The zero-order valence-electron chi connectivity index (χ0n) is 25.0. The maximum Gasteiger partial charge on any atom is 0.407 e. The van der Waals surface area contributed by atoms with E-state index >= 15 is 0 Å². The van der Waals surface area contributed by atoms with E-state index in [1.807, 2.05) is 91.0 Å². The van der Waals surface area contributed by atoms with E-state index in [2.05, 4.69) is 32.2 Å². The van der Waals surface area contributed by atoms with E-state index in [9.17, 15) is 28.3 Å². The highest BCUT2D eigenvalue weighted by Gasteiger charge is 2.54. The third-order valence-electron chi connectivity index (χ3n) is 7.83. The van der Waals surface area contributed by atoms with Crippen LogP contribution in [0.4, 0.5) is 13.9 Å². The summed E-state index contributed by atoms with van der Waals surface area (Å²) in [7, 11) is 0. The summed E-state index contributed by atoms with van der Waals surface area (Å²) in [6, 6.07) is 28.0. The van der Waals surface area contributed by atoms with Crippen LogP contribution in [0, 0.1) is 0 Å². The molecule has 48 heavy (non-hydrogen) atoms. The van der Waals surface area contributed by atoms with Crippen LogP contribution in [-0.4, -0.2) is 62.3 Å². The number of oxime groups is 1. The summed E-state index contributed by atoms with van der Waals surface area (Å²) in [5, 5.41) is 20.2. The van der Waals surface area contributed by atoms with E-state index in [-0.39, 0.29) is 17.1 Å². The van der Waals surface area contributed by atoms with Gasteiger partial charge >= 0.3 is 12.6 Å². The Morgan fingerprint density at radius 1 is 1.02 bits per heavy atom. The number of nitrogens with zero attached hydrogens (tertiary/aromatic N) is 3. The fourth-order valence-corrected chi connectivity index (χ4v) is 7.78. The number of allylic oxidation sites excluding steroid dienone is 1. The molecular weight excluding hydrogens is 661 g/mol. The third kappa shape index (κ3) is 6.07. The summed E-state index contributed by atoms with van der Waals surface area (Å²) in [5.74, 6) is -2.73. The van der Waals surface area contributed by atoms with Gasteiger partial charge in [-0.1, -0.05) is 109 Å². The van der Waals surface area contributed by atoms with Gasteiger partial charge in [0.2, 0.25) is 0 Å². The minimum atomic E-state index is -3.33. The van der Waals surface area contributed by atoms with Crippen LogP contribution in [0.1, 0.15) is 22.4 Å². The summed E-state index contributed by atoms with van der Waals surface area (Å²) in [4.78, 5) is 48.3. The molecule has 6 rings (SSSR count). The van der Waals surface area contributed by atoms with Crippen LogP contribution in [0.15, 0.2) is 125 Å². The zero-order valence-corrected chi connectivity index (χ0v) is 26.6. The average Bonchev–Trinajstić information content (AvgIpc) is 3.57. The lowest BCUT2D eigenvalue weighted by atomic mass is 9.77. The highest BCUT2D eigenvalue weighted by atomic mass is 32.2. The van der Waals surface area contributed by atoms with Crippen molar-refractivity contribution in [3.8, 4) is 0 Å². The highest BCUT2D eigenvalue weighted by molar-refractivity contribution is 8.00. The van der Waals surface area contributed by atoms with E-state index in [0.29, 0.717) is 10.7 Å². The number of fused-ring (bicyclic) bond motifs is 1. The Balaban J connectivity index is 1.33. The van der Waals surface area contributed by atoms with Crippen LogP contribution in [-0.2, 0) is 24.8 Å². The molecule has 0 aliphatic carbocycles. The van der Waals surface area contributed by atoms with Crippen LogP contribution in [0.2, 0.25) is 0 Å². The number of carboxylic acid groups (broad SMARTS) is 1. The molecule has 0 spiro atoms. The lowest BCUT2D eigenvalue weighted by molar-refractivity contribution is -0.150. The summed E-state index contributed by atoms with van der Waals surface area (Å²) >= 11 is 2.35. The topological polar surface area (TPSA) is 133 Å². The first-order valence-electron chi connectivity index (χ1n) is 14.5. The first kappa shape index (κ1) is 32.6. The molecule has 14 heteroatoms. The van der Waals surface area contributed by atoms with Crippen molar-refractivity contribution in [2.75, 3.05) is 11.1 Å². The SMILES string of the molecule is C=CC1=C(C(=O)O)N2C(=O)C(NC(=O)/C(=N/OC(F)F)c3csc(NC(c4ccccc4)(c4ccccc4)c4ccccc4)n3)[C@H]2SC1. The number of nitrogens with one attached hydrogen (secondary N) is 2. The second-order valence-electron chi connectivity index (χ2n) is 10.6. The number of hydrogen-bond acceptors (Lipinski definition) is 9. The normalized spacial score (nSPS) is 17.8. The number of benzene rings is 3. The fraction of sp³-hybridized carbons (Fsp3) is 0.147. The van der Waals surface area contributed by atoms with Crippen molar-refractivity contribution in [2.24, 2.45) is 5.16 Å². The molecule has 1 unspecified atom stereocenters. The Morgan fingerprint density at radius 2 is 1.58 bits per heavy atom. The van der Waals surface area contributed by atoms with E-state index in [1.165, 1.54) is 23.2 Å². The van der Waals surface area contributed by atoms with Crippen molar-refractivity contribution in [1.29, 1.82) is 0 Å². The van der Waals surface area contributed by atoms with Gasteiger partial charge in [0.15, 0.2) is 10.8 Å². The molecule has 1 saturated heterocycles. The minimum absolute atomic E-state index is 0.0799. The van der Waals surface area contributed by atoms with Crippen molar-refractivity contribution >= 4 is 51.7 Å². The summed E-state index contributed by atoms with van der Waals surface area (Å²) in [5.41, 5.74) is 1.19. The van der Waals surface area contributed by atoms with Crippen LogP contribution < -0.4 is 10.6 Å². The largest absolute Gasteiger partial charge is 0.477 e. The molecule has 10 nitrogen and oxygen atoms in total. The summed E-state index contributed by atoms with van der Waals surface area (Å²) in [6.07, 6.45) is 1.37. The molecule has 1 fully saturated rings. The van der Waals surface area contributed by atoms with Crippen molar-refractivity contribution < 1.29 is 33.1 Å². The molecule has 3 heterocycles. The minimum Gasteiger partial charge on any atom is -0.477 e. The van der Waals surface area contributed by atoms with Crippen molar-refractivity contribution in [2.45, 2.75) is 23.6 Å². The molecule has 2 aliphatic rings. The molecule has 0 radical (unpaired) electrons. The van der Waals surface area contributed by atoms with Gasteiger partial charge in [-0.25, -0.2) is 9.78 Å². The lowest BCUT2D eigenvalue weighted by Crippen LogP contribution is -2.71. The summed E-state index contributed by atoms with van der Waals surface area (Å²) in [6.45, 7) is 0.284. The molecule has 0 bridgehead atoms. The van der Waals surface area contributed by atoms with E-state index < -0.39 is 47.1 Å². The standard InChI is InChI=1S/C34H27F2N5O5S2/c1-2-20-18-47-30-26(29(43)41(30)27(20)31(44)45)38-28(42)25(40-46-32(35)36)24-19-48-33(37-24)39-34(21-12-6-3-7-13-21,22-14-8-4-9-15-22)23-16-10-5-11-17-23/h2-17,19,26,30,32H,1,18H2,(H,37,39)(H,38,42)(H,44,45)/b40-25+/t26?,30-/m1/s1. The lowest BCUT2D eigenvalue weighted by Gasteiger charge is -2.49. The number of halogens is 2. The number of thiazole rings is 1. The number of aromatic nitrogens is 1. The van der Waals surface area contributed by atoms with Gasteiger partial charge in [0, 0.05) is 11.1 Å². The van der Waals surface area contributed by atoms with Crippen LogP contribution in [0.5, 0.6) is 0 Å². The van der Waals surface area contributed by atoms with Crippen LogP contribution in [0.25, 0.3) is 0 Å². The predicted octanol–water partition coefficient (Wildman–Crippen LogP) is 5.42. The molecule has 1 aromatic heterocycles. The first-order chi connectivity index (χ1) is 23.2. The second kappa shape index (κ2) is 13.8. The van der Waals surface area contributed by atoms with Gasteiger partial charge < -0.3 is 20.6 Å². The number of β-lactam (4-membered cyclic amide) rings is 1. The third-order valence-corrected chi connectivity index (χ3v) is 9.89. The van der Waals surface area contributed by atoms with Crippen molar-refractivity contribution in [3.05, 3.63) is 143 Å². The Kier molecular flexibility index (Phi) is 9.37. The van der Waals surface area contributed by atoms with Gasteiger partial charge in [0.25, 0.3) is 11.8 Å². The zero-order chi connectivity index (χ0) is 33.8. The van der Waals surface area contributed by atoms with Gasteiger partial charge in [0.1, 0.15) is 28.3 Å². The second-order valence-corrected chi connectivity index (χ2v) is 12.5. The Labute approximate surface area is 281 Å². The molecule has 2 amide bonds. The van der Waals surface area contributed by atoms with Crippen LogP contribution in [0.3, 0.4) is 0 Å². The number of alkyl halides is 2. The molecule has 0 saturated carbocycles. The number of rotatable bonds is 12. The monoisotopic (exact) mass is 687 g/mol. The van der Waals surface area contributed by atoms with Gasteiger partial charge in [-0.2, -0.15) is 8.78 Å². The quantitative estimate of drug-likeness (QED) is 0.0780. The number of carbonyl (C=O) groups excluding carboxylic acids is 2. The highest BCUT2D eigenvalue weighted by Crippen LogP contribution is 2.42. The number of carbonyl (C=O) groups is 3. The first-order valence-corrected chi connectivity index (χ1v) is 16.4. The summed E-state index contributed by atoms with van der Waals surface area (Å²) < 4.78 is 26.3. The maximum atomic E-state index is 13.5. The number of amides is 2. The Morgan fingerprint density at radius 3 is 2.08 bits per heavy atom. The van der Waals surface area contributed by atoms with Crippen LogP contribution >= 0.6 is 23.1 Å². The molecule has 2 aliphatic heterocycles. The number of anilines is 1. The Hall–Kier alpha value is -5.34.